The molecule has 1 fully saturated rings. The smallest absolute Gasteiger partial charge is 0.241 e. The number of carbonyl (C=O) groups excluding carboxylic acids is 1. The molecule has 0 bridgehead atoms. The number of benzene rings is 1. The number of nitrogens with one attached hydrogen (secondary N) is 2. The average molecular weight is 520 g/mol. The van der Waals surface area contributed by atoms with Gasteiger partial charge in [0.25, 0.3) is 0 Å². The number of aliphatic imine (C=N–C) groups is 1. The van der Waals surface area contributed by atoms with Crippen molar-refractivity contribution in [2.75, 3.05) is 26.4 Å². The monoisotopic (exact) mass is 520 g/mol. The Labute approximate surface area is 188 Å². The van der Waals surface area contributed by atoms with E-state index in [1.165, 1.54) is 0 Å². The fourth-order valence-corrected chi connectivity index (χ4v) is 4.52. The van der Waals surface area contributed by atoms with Crippen LogP contribution in [0, 0.1) is 0 Å². The van der Waals surface area contributed by atoms with Gasteiger partial charge < -0.3 is 15.5 Å². The van der Waals surface area contributed by atoms with Crippen LogP contribution in [0.4, 0.5) is 0 Å². The molecule has 1 saturated carbocycles. The molecule has 28 heavy (non-hydrogen) atoms. The number of hydrogen-bond acceptors (Lipinski definition) is 3. The van der Waals surface area contributed by atoms with Crippen LogP contribution in [0.2, 0.25) is 0 Å². The van der Waals surface area contributed by atoms with Gasteiger partial charge in [0.15, 0.2) is 5.96 Å². The lowest BCUT2D eigenvalue weighted by atomic mass is 9.95. The highest BCUT2D eigenvalue weighted by molar-refractivity contribution is 14.0. The highest BCUT2D eigenvalue weighted by Crippen LogP contribution is 2.23. The number of likely N-dealkylation sites (N-methyl/N-ethyl adjacent to an activating group) is 1. The standard InChI is InChI=1S/C20H32N4O2S.HI/c1-4-27(26)18-12-8-11-17(13-18)23-20(22-15-19(25)24(2)3)21-14-16-9-6-5-7-10-16;/h5-7,9-10,17-18H,4,8,11-15H2,1-3H3,(H2,21,22,23);1H. The summed E-state index contributed by atoms with van der Waals surface area (Å²) in [6, 6.07) is 10.3. The van der Waals surface area contributed by atoms with Gasteiger partial charge >= 0.3 is 0 Å². The minimum Gasteiger partial charge on any atom is -0.354 e. The molecule has 158 valence electrons. The van der Waals surface area contributed by atoms with Gasteiger partial charge in [-0.05, 0) is 24.8 Å². The van der Waals surface area contributed by atoms with Gasteiger partial charge in [0.2, 0.25) is 5.91 Å². The number of rotatable bonds is 7. The Balaban J connectivity index is 0.00000392. The minimum absolute atomic E-state index is 0. The van der Waals surface area contributed by atoms with E-state index in [2.05, 4.69) is 15.6 Å². The number of guanidine groups is 1. The third-order valence-corrected chi connectivity index (χ3v) is 6.53. The molecule has 2 N–H and O–H groups in total. The summed E-state index contributed by atoms with van der Waals surface area (Å²) >= 11 is 0. The van der Waals surface area contributed by atoms with Gasteiger partial charge in [0.1, 0.15) is 0 Å². The molecule has 1 aromatic rings. The van der Waals surface area contributed by atoms with Gasteiger partial charge in [-0.15, -0.1) is 24.0 Å². The molecule has 0 radical (unpaired) electrons. The predicted molar refractivity (Wildman–Crippen MR) is 128 cm³/mol. The zero-order valence-electron chi connectivity index (χ0n) is 17.0. The molecule has 2 rings (SSSR count). The van der Waals surface area contributed by atoms with Crippen LogP contribution >= 0.6 is 24.0 Å². The molecule has 0 heterocycles. The van der Waals surface area contributed by atoms with Crippen molar-refractivity contribution in [1.82, 2.24) is 15.5 Å². The lowest BCUT2D eigenvalue weighted by molar-refractivity contribution is -0.127. The van der Waals surface area contributed by atoms with Gasteiger partial charge in [0, 0.05) is 41.9 Å². The maximum Gasteiger partial charge on any atom is 0.241 e. The lowest BCUT2D eigenvalue weighted by Crippen LogP contribution is -2.48. The molecular formula is C20H33IN4O2S. The summed E-state index contributed by atoms with van der Waals surface area (Å²) < 4.78 is 12.2. The second-order valence-electron chi connectivity index (χ2n) is 7.09. The molecule has 1 amide bonds. The molecular weight excluding hydrogens is 487 g/mol. The first-order chi connectivity index (χ1) is 13.0. The van der Waals surface area contributed by atoms with E-state index in [4.69, 9.17) is 0 Å². The van der Waals surface area contributed by atoms with Crippen molar-refractivity contribution in [3.8, 4) is 0 Å². The van der Waals surface area contributed by atoms with Crippen LogP contribution in [0.25, 0.3) is 0 Å². The molecule has 0 saturated heterocycles. The van der Waals surface area contributed by atoms with Crippen LogP contribution < -0.4 is 10.6 Å². The summed E-state index contributed by atoms with van der Waals surface area (Å²) in [5.41, 5.74) is 1.12. The summed E-state index contributed by atoms with van der Waals surface area (Å²) in [5, 5.41) is 6.86. The first kappa shape index (κ1) is 24.9. The van der Waals surface area contributed by atoms with Crippen molar-refractivity contribution in [3.05, 3.63) is 35.9 Å². The van der Waals surface area contributed by atoms with Crippen LogP contribution in [0.15, 0.2) is 35.3 Å². The van der Waals surface area contributed by atoms with Crippen molar-refractivity contribution in [1.29, 1.82) is 0 Å². The third kappa shape index (κ3) is 8.46. The molecule has 0 aliphatic heterocycles. The topological polar surface area (TPSA) is 73.8 Å². The van der Waals surface area contributed by atoms with Gasteiger partial charge in [-0.25, -0.2) is 4.99 Å². The van der Waals surface area contributed by atoms with Crippen LogP contribution in [0.1, 0.15) is 38.2 Å². The number of hydrogen-bond donors (Lipinski definition) is 2. The molecule has 3 atom stereocenters. The SMILES string of the molecule is CCS(=O)C1CCCC(NC(=NCc2ccccc2)NCC(=O)N(C)C)C1.I. The number of nitrogens with zero attached hydrogens (tertiary/aromatic N) is 2. The maximum absolute atomic E-state index is 12.2. The second-order valence-corrected chi connectivity index (χ2v) is 9.10. The lowest BCUT2D eigenvalue weighted by Gasteiger charge is -2.30. The molecule has 3 unspecified atom stereocenters. The van der Waals surface area contributed by atoms with Crippen LogP contribution in [0.3, 0.4) is 0 Å². The quantitative estimate of drug-likeness (QED) is 0.329. The van der Waals surface area contributed by atoms with E-state index in [9.17, 15) is 9.00 Å². The summed E-state index contributed by atoms with van der Waals surface area (Å²) in [4.78, 5) is 18.2. The van der Waals surface area contributed by atoms with Crippen LogP contribution in [0.5, 0.6) is 0 Å². The van der Waals surface area contributed by atoms with Gasteiger partial charge in [0.05, 0.1) is 13.1 Å². The highest BCUT2D eigenvalue weighted by atomic mass is 127. The van der Waals surface area contributed by atoms with E-state index in [-0.39, 0.29) is 47.7 Å². The van der Waals surface area contributed by atoms with E-state index in [1.807, 2.05) is 37.3 Å². The predicted octanol–water partition coefficient (Wildman–Crippen LogP) is 2.51. The fourth-order valence-electron chi connectivity index (χ4n) is 3.17. The molecule has 1 aliphatic carbocycles. The summed E-state index contributed by atoms with van der Waals surface area (Å²) in [7, 11) is 2.72. The van der Waals surface area contributed by atoms with Crippen molar-refractivity contribution in [3.63, 3.8) is 0 Å². The molecule has 1 aliphatic rings. The second kappa shape index (κ2) is 13.1. The Morgan fingerprint density at radius 2 is 1.96 bits per heavy atom. The van der Waals surface area contributed by atoms with E-state index in [1.54, 1.807) is 19.0 Å². The molecule has 1 aromatic carbocycles. The van der Waals surface area contributed by atoms with Crippen molar-refractivity contribution in [2.24, 2.45) is 4.99 Å². The maximum atomic E-state index is 12.2. The van der Waals surface area contributed by atoms with E-state index < -0.39 is 10.8 Å². The Kier molecular flexibility index (Phi) is 11.7. The van der Waals surface area contributed by atoms with Crippen molar-refractivity contribution in [2.45, 2.75) is 50.4 Å². The molecule has 6 nitrogen and oxygen atoms in total. The Morgan fingerprint density at radius 3 is 2.61 bits per heavy atom. The number of halogens is 1. The Bertz CT molecular complexity index is 655. The summed E-state index contributed by atoms with van der Waals surface area (Å²) in [5.74, 6) is 1.35. The largest absolute Gasteiger partial charge is 0.354 e. The summed E-state index contributed by atoms with van der Waals surface area (Å²) in [6.45, 7) is 2.72. The van der Waals surface area contributed by atoms with E-state index in [0.29, 0.717) is 18.3 Å². The number of carbonyl (C=O) groups is 1. The van der Waals surface area contributed by atoms with Crippen LogP contribution in [-0.4, -0.2) is 58.7 Å². The first-order valence-electron chi connectivity index (χ1n) is 9.65. The van der Waals surface area contributed by atoms with Gasteiger partial charge in [-0.3, -0.25) is 9.00 Å². The van der Waals surface area contributed by atoms with E-state index >= 15 is 0 Å². The normalized spacial score (nSPS) is 20.6. The minimum atomic E-state index is -0.761. The Hall–Kier alpha value is -1.16. The average Bonchev–Trinajstić information content (AvgIpc) is 2.70. The summed E-state index contributed by atoms with van der Waals surface area (Å²) in [6.07, 6.45) is 4.01. The highest BCUT2D eigenvalue weighted by Gasteiger charge is 2.26. The van der Waals surface area contributed by atoms with E-state index in [0.717, 1.165) is 31.2 Å². The van der Waals surface area contributed by atoms with Crippen molar-refractivity contribution >= 4 is 46.6 Å². The zero-order chi connectivity index (χ0) is 19.6. The third-order valence-electron chi connectivity index (χ3n) is 4.79. The molecule has 0 spiro atoms. The first-order valence-corrected chi connectivity index (χ1v) is 11.0. The van der Waals surface area contributed by atoms with Crippen LogP contribution in [-0.2, 0) is 22.1 Å². The van der Waals surface area contributed by atoms with Gasteiger partial charge in [-0.2, -0.15) is 0 Å². The molecule has 0 aromatic heterocycles. The zero-order valence-corrected chi connectivity index (χ0v) is 20.2. The number of amides is 1. The molecule has 8 heteroatoms. The fraction of sp³-hybridized carbons (Fsp3) is 0.600. The Morgan fingerprint density at radius 1 is 1.25 bits per heavy atom. The van der Waals surface area contributed by atoms with Crippen molar-refractivity contribution < 1.29 is 9.00 Å². The van der Waals surface area contributed by atoms with Gasteiger partial charge in [-0.1, -0.05) is 43.7 Å².